The Hall–Kier alpha value is -2.23. The van der Waals surface area contributed by atoms with Crippen LogP contribution in [-0.4, -0.2) is 40.9 Å². The molecule has 0 heterocycles. The molecule has 0 radical (unpaired) electrons. The third-order valence-corrected chi connectivity index (χ3v) is 5.31. The lowest BCUT2D eigenvalue weighted by Gasteiger charge is -2.19. The molecule has 164 valence electrons. The van der Waals surface area contributed by atoms with Gasteiger partial charge in [-0.15, -0.1) is 24.0 Å². The number of methoxy groups -OCH3 is 3. The molecular weight excluding hydrogens is 500 g/mol. The molecule has 0 aromatic heterocycles. The van der Waals surface area contributed by atoms with Crippen molar-refractivity contribution in [3.8, 4) is 17.2 Å². The number of guanidine groups is 1. The van der Waals surface area contributed by atoms with Gasteiger partial charge in [0.1, 0.15) is 5.82 Å². The second-order valence-electron chi connectivity index (χ2n) is 7.10. The average molecular weight is 529 g/mol. The summed E-state index contributed by atoms with van der Waals surface area (Å²) < 4.78 is 29.4. The van der Waals surface area contributed by atoms with E-state index in [1.54, 1.807) is 28.4 Å². The predicted molar refractivity (Wildman–Crippen MR) is 127 cm³/mol. The zero-order valence-corrected chi connectivity index (χ0v) is 20.1. The van der Waals surface area contributed by atoms with Crippen LogP contribution in [0.5, 0.6) is 17.2 Å². The zero-order chi connectivity index (χ0) is 20.9. The number of hydrogen-bond donors (Lipinski definition) is 2. The van der Waals surface area contributed by atoms with Gasteiger partial charge < -0.3 is 24.8 Å². The van der Waals surface area contributed by atoms with Crippen LogP contribution in [0, 0.1) is 5.82 Å². The Kier molecular flexibility index (Phi) is 8.57. The van der Waals surface area contributed by atoms with Crippen molar-refractivity contribution < 1.29 is 18.6 Å². The molecule has 1 saturated carbocycles. The summed E-state index contributed by atoms with van der Waals surface area (Å²) in [6.07, 6.45) is 2.16. The fourth-order valence-electron chi connectivity index (χ4n) is 3.42. The first-order valence-electron chi connectivity index (χ1n) is 9.54. The smallest absolute Gasteiger partial charge is 0.203 e. The Bertz CT molecular complexity index is 845. The molecule has 2 N–H and O–H groups in total. The number of hydrogen-bond acceptors (Lipinski definition) is 4. The minimum absolute atomic E-state index is 0. The maximum Gasteiger partial charge on any atom is 0.203 e. The van der Waals surface area contributed by atoms with Gasteiger partial charge in [0.05, 0.1) is 21.3 Å². The molecule has 0 saturated heterocycles. The lowest BCUT2D eigenvalue weighted by molar-refractivity contribution is 0.323. The normalized spacial score (nSPS) is 14.4. The second kappa shape index (κ2) is 10.7. The number of rotatable bonds is 8. The first-order valence-corrected chi connectivity index (χ1v) is 9.54. The largest absolute Gasteiger partial charge is 0.493 e. The molecule has 0 spiro atoms. The van der Waals surface area contributed by atoms with E-state index in [4.69, 9.17) is 14.2 Å². The van der Waals surface area contributed by atoms with Gasteiger partial charge in [0.2, 0.25) is 5.75 Å². The highest BCUT2D eigenvalue weighted by Gasteiger charge is 2.44. The van der Waals surface area contributed by atoms with E-state index < -0.39 is 0 Å². The molecule has 0 unspecified atom stereocenters. The fraction of sp³-hybridized carbons (Fsp3) is 0.409. The first kappa shape index (κ1) is 24.0. The van der Waals surface area contributed by atoms with E-state index in [2.05, 4.69) is 15.6 Å². The zero-order valence-electron chi connectivity index (χ0n) is 17.8. The van der Waals surface area contributed by atoms with Crippen molar-refractivity contribution in [1.82, 2.24) is 10.6 Å². The summed E-state index contributed by atoms with van der Waals surface area (Å²) in [6, 6.07) is 10.6. The Morgan fingerprint density at radius 2 is 1.60 bits per heavy atom. The van der Waals surface area contributed by atoms with Crippen LogP contribution in [0.1, 0.15) is 24.0 Å². The quantitative estimate of drug-likeness (QED) is 0.309. The van der Waals surface area contributed by atoms with Crippen molar-refractivity contribution in [2.45, 2.75) is 24.8 Å². The molecule has 0 amide bonds. The van der Waals surface area contributed by atoms with Crippen molar-refractivity contribution in [3.05, 3.63) is 53.3 Å². The third-order valence-electron chi connectivity index (χ3n) is 5.31. The lowest BCUT2D eigenvalue weighted by atomic mass is 9.96. The predicted octanol–water partition coefficient (Wildman–Crippen LogP) is 3.87. The standard InChI is InChI=1S/C22H28FN3O3.HI/c1-24-21(26-14-22(9-10-22)16-5-7-17(23)8-6-16)25-13-15-11-18(27-2)20(29-4)19(12-15)28-3;/h5-8,11-12H,9-10,13-14H2,1-4H3,(H2,24,25,26);1H. The third kappa shape index (κ3) is 5.47. The molecule has 1 fully saturated rings. The molecule has 2 aromatic rings. The topological polar surface area (TPSA) is 64.1 Å². The van der Waals surface area contributed by atoms with Crippen LogP contribution in [0.25, 0.3) is 0 Å². The Balaban J connectivity index is 0.00000320. The molecule has 0 atom stereocenters. The molecule has 1 aliphatic rings. The van der Waals surface area contributed by atoms with Gasteiger partial charge >= 0.3 is 0 Å². The Morgan fingerprint density at radius 1 is 1.00 bits per heavy atom. The summed E-state index contributed by atoms with van der Waals surface area (Å²) in [6.45, 7) is 1.29. The van der Waals surface area contributed by atoms with E-state index in [0.717, 1.165) is 30.5 Å². The minimum Gasteiger partial charge on any atom is -0.493 e. The van der Waals surface area contributed by atoms with Crippen LogP contribution >= 0.6 is 24.0 Å². The summed E-state index contributed by atoms with van der Waals surface area (Å²) in [5.74, 6) is 2.28. The number of ether oxygens (including phenoxy) is 3. The van der Waals surface area contributed by atoms with Gasteiger partial charge in [0, 0.05) is 25.6 Å². The SMILES string of the molecule is CN=C(NCc1cc(OC)c(OC)c(OC)c1)NCC1(c2ccc(F)cc2)CC1.I. The summed E-state index contributed by atoms with van der Waals surface area (Å²) in [5, 5.41) is 6.71. The number of benzene rings is 2. The van der Waals surface area contributed by atoms with E-state index in [1.807, 2.05) is 24.3 Å². The minimum atomic E-state index is -0.208. The van der Waals surface area contributed by atoms with Crippen LogP contribution in [-0.2, 0) is 12.0 Å². The molecule has 0 aliphatic heterocycles. The Labute approximate surface area is 194 Å². The van der Waals surface area contributed by atoms with Crippen LogP contribution in [0.3, 0.4) is 0 Å². The molecule has 3 rings (SSSR count). The summed E-state index contributed by atoms with van der Waals surface area (Å²) >= 11 is 0. The van der Waals surface area contributed by atoms with Crippen molar-refractivity contribution in [3.63, 3.8) is 0 Å². The van der Waals surface area contributed by atoms with Gasteiger partial charge in [-0.05, 0) is 48.2 Å². The maximum absolute atomic E-state index is 13.2. The first-order chi connectivity index (χ1) is 14.0. The molecule has 0 bridgehead atoms. The van der Waals surface area contributed by atoms with E-state index >= 15 is 0 Å². The molecule has 30 heavy (non-hydrogen) atoms. The van der Waals surface area contributed by atoms with Crippen molar-refractivity contribution >= 4 is 29.9 Å². The van der Waals surface area contributed by atoms with Crippen LogP contribution < -0.4 is 24.8 Å². The molecule has 8 heteroatoms. The summed E-state index contributed by atoms with van der Waals surface area (Å²) in [7, 11) is 6.51. The number of nitrogens with zero attached hydrogens (tertiary/aromatic N) is 1. The highest BCUT2D eigenvalue weighted by atomic mass is 127. The molecule has 6 nitrogen and oxygen atoms in total. The molecule has 1 aliphatic carbocycles. The van der Waals surface area contributed by atoms with Gasteiger partial charge in [-0.25, -0.2) is 4.39 Å². The number of halogens is 2. The van der Waals surface area contributed by atoms with Gasteiger partial charge in [0.25, 0.3) is 0 Å². The van der Waals surface area contributed by atoms with E-state index in [1.165, 1.54) is 12.1 Å². The Morgan fingerprint density at radius 3 is 2.07 bits per heavy atom. The number of aliphatic imine (C=N–C) groups is 1. The lowest BCUT2D eigenvalue weighted by Crippen LogP contribution is -2.40. The van der Waals surface area contributed by atoms with Crippen molar-refractivity contribution in [2.75, 3.05) is 34.9 Å². The highest BCUT2D eigenvalue weighted by molar-refractivity contribution is 14.0. The monoisotopic (exact) mass is 529 g/mol. The summed E-state index contributed by atoms with van der Waals surface area (Å²) in [5.41, 5.74) is 2.19. The highest BCUT2D eigenvalue weighted by Crippen LogP contribution is 2.47. The average Bonchev–Trinajstić information content (AvgIpc) is 3.54. The number of nitrogens with one attached hydrogen (secondary N) is 2. The fourth-order valence-corrected chi connectivity index (χ4v) is 3.42. The summed E-state index contributed by atoms with van der Waals surface area (Å²) in [4.78, 5) is 4.31. The van der Waals surface area contributed by atoms with Gasteiger partial charge in [-0.1, -0.05) is 12.1 Å². The van der Waals surface area contributed by atoms with Crippen LogP contribution in [0.2, 0.25) is 0 Å². The van der Waals surface area contributed by atoms with Crippen LogP contribution in [0.4, 0.5) is 4.39 Å². The van der Waals surface area contributed by atoms with Gasteiger partial charge in [-0.2, -0.15) is 0 Å². The van der Waals surface area contributed by atoms with Gasteiger partial charge in [0.15, 0.2) is 17.5 Å². The van der Waals surface area contributed by atoms with Gasteiger partial charge in [-0.3, -0.25) is 4.99 Å². The molecule has 2 aromatic carbocycles. The second-order valence-corrected chi connectivity index (χ2v) is 7.10. The van der Waals surface area contributed by atoms with E-state index in [-0.39, 0.29) is 35.2 Å². The van der Waals surface area contributed by atoms with Crippen molar-refractivity contribution in [1.29, 1.82) is 0 Å². The van der Waals surface area contributed by atoms with E-state index in [0.29, 0.717) is 29.8 Å². The van der Waals surface area contributed by atoms with Crippen molar-refractivity contribution in [2.24, 2.45) is 4.99 Å². The van der Waals surface area contributed by atoms with Crippen LogP contribution in [0.15, 0.2) is 41.4 Å². The molecular formula is C22H29FIN3O3. The maximum atomic E-state index is 13.2. The van der Waals surface area contributed by atoms with E-state index in [9.17, 15) is 4.39 Å².